The van der Waals surface area contributed by atoms with E-state index in [1.165, 1.54) is 10.7 Å². The van der Waals surface area contributed by atoms with Crippen LogP contribution in [0.4, 0.5) is 0 Å². The summed E-state index contributed by atoms with van der Waals surface area (Å²) in [5.41, 5.74) is 1.22. The molecule has 1 aliphatic heterocycles. The molecule has 2 heterocycles. The summed E-state index contributed by atoms with van der Waals surface area (Å²) in [5, 5.41) is 6.79. The van der Waals surface area contributed by atoms with Crippen molar-refractivity contribution < 1.29 is 0 Å². The van der Waals surface area contributed by atoms with E-state index >= 15 is 0 Å². The van der Waals surface area contributed by atoms with E-state index in [-0.39, 0.29) is 12.4 Å². The van der Waals surface area contributed by atoms with Gasteiger partial charge in [-0.15, -0.1) is 23.7 Å². The van der Waals surface area contributed by atoms with Crippen LogP contribution in [-0.4, -0.2) is 35.1 Å². The molecule has 2 atom stereocenters. The largest absolute Gasteiger partial charge is 0.314 e. The van der Waals surface area contributed by atoms with E-state index in [0.717, 1.165) is 19.6 Å². The number of nitrogens with zero attached hydrogens (tertiary/aromatic N) is 2. The number of hydrogen-bond donors (Lipinski definition) is 1. The van der Waals surface area contributed by atoms with Gasteiger partial charge in [0.15, 0.2) is 0 Å². The lowest BCUT2D eigenvalue weighted by Gasteiger charge is -2.38. The molecular formula is C11H20ClN3S. The van der Waals surface area contributed by atoms with E-state index in [1.807, 2.05) is 0 Å². The van der Waals surface area contributed by atoms with Crippen molar-refractivity contribution in [1.82, 2.24) is 15.2 Å². The molecular weight excluding hydrogens is 242 g/mol. The van der Waals surface area contributed by atoms with Crippen molar-refractivity contribution in [2.24, 2.45) is 0 Å². The third kappa shape index (κ3) is 3.17. The van der Waals surface area contributed by atoms with E-state index in [2.05, 4.69) is 41.4 Å². The van der Waals surface area contributed by atoms with Crippen LogP contribution in [0.5, 0.6) is 0 Å². The van der Waals surface area contributed by atoms with Crippen LogP contribution in [0.25, 0.3) is 0 Å². The van der Waals surface area contributed by atoms with Crippen molar-refractivity contribution in [2.45, 2.75) is 39.4 Å². The minimum absolute atomic E-state index is 0. The van der Waals surface area contributed by atoms with Crippen molar-refractivity contribution in [1.29, 1.82) is 0 Å². The first kappa shape index (κ1) is 13.9. The van der Waals surface area contributed by atoms with Gasteiger partial charge < -0.3 is 5.32 Å². The molecule has 1 N–H and O–H groups in total. The minimum Gasteiger partial charge on any atom is -0.314 e. The number of aromatic nitrogens is 1. The summed E-state index contributed by atoms with van der Waals surface area (Å²) in [6.45, 7) is 9.80. The Labute approximate surface area is 108 Å². The van der Waals surface area contributed by atoms with Gasteiger partial charge in [-0.1, -0.05) is 0 Å². The maximum atomic E-state index is 4.53. The fourth-order valence-electron chi connectivity index (χ4n) is 2.15. The third-order valence-electron chi connectivity index (χ3n) is 3.02. The van der Waals surface area contributed by atoms with E-state index in [4.69, 9.17) is 0 Å². The number of halogens is 1. The molecule has 2 rings (SSSR count). The topological polar surface area (TPSA) is 28.2 Å². The number of piperazine rings is 1. The zero-order valence-corrected chi connectivity index (χ0v) is 11.7. The number of nitrogens with one attached hydrogen (secondary N) is 1. The Morgan fingerprint density at radius 3 is 2.56 bits per heavy atom. The highest BCUT2D eigenvalue weighted by Crippen LogP contribution is 2.16. The number of hydrogen-bond acceptors (Lipinski definition) is 4. The first-order chi connectivity index (χ1) is 7.16. The van der Waals surface area contributed by atoms with Crippen molar-refractivity contribution in [2.75, 3.05) is 13.1 Å². The highest BCUT2D eigenvalue weighted by atomic mass is 35.5. The van der Waals surface area contributed by atoms with Gasteiger partial charge in [0.25, 0.3) is 0 Å². The second-order valence-corrected chi connectivity index (χ2v) is 5.45. The summed E-state index contributed by atoms with van der Waals surface area (Å²) < 4.78 is 0. The van der Waals surface area contributed by atoms with Crippen molar-refractivity contribution in [3.63, 3.8) is 0 Å². The molecule has 1 aromatic rings. The normalized spacial score (nSPS) is 26.4. The standard InChI is InChI=1S/C11H19N3S.ClH/c1-8-4-12-5-9(2)14(8)6-11-7-15-10(3)13-11;/h7-9,12H,4-6H2,1-3H3;1H/t8-,9+;. The zero-order chi connectivity index (χ0) is 10.8. The molecule has 0 aromatic carbocycles. The minimum atomic E-state index is 0. The van der Waals surface area contributed by atoms with E-state index in [9.17, 15) is 0 Å². The Morgan fingerprint density at radius 2 is 2.06 bits per heavy atom. The van der Waals surface area contributed by atoms with Gasteiger partial charge in [0.2, 0.25) is 0 Å². The van der Waals surface area contributed by atoms with Crippen LogP contribution in [0.2, 0.25) is 0 Å². The second kappa shape index (κ2) is 5.96. The molecule has 0 amide bonds. The van der Waals surface area contributed by atoms with Crippen LogP contribution in [0.15, 0.2) is 5.38 Å². The van der Waals surface area contributed by atoms with E-state index in [0.29, 0.717) is 12.1 Å². The highest BCUT2D eigenvalue weighted by Gasteiger charge is 2.24. The lowest BCUT2D eigenvalue weighted by Crippen LogP contribution is -2.54. The Hall–Kier alpha value is -0.160. The van der Waals surface area contributed by atoms with E-state index < -0.39 is 0 Å². The van der Waals surface area contributed by atoms with Crippen LogP contribution in [0.1, 0.15) is 24.5 Å². The summed E-state index contributed by atoms with van der Waals surface area (Å²) >= 11 is 1.74. The fourth-order valence-corrected chi connectivity index (χ4v) is 2.75. The molecule has 1 fully saturated rings. The molecule has 5 heteroatoms. The van der Waals surface area contributed by atoms with Crippen LogP contribution in [0.3, 0.4) is 0 Å². The van der Waals surface area contributed by atoms with Crippen molar-refractivity contribution in [3.05, 3.63) is 16.1 Å². The number of aryl methyl sites for hydroxylation is 1. The summed E-state index contributed by atoms with van der Waals surface area (Å²) in [7, 11) is 0. The van der Waals surface area contributed by atoms with Gasteiger partial charge in [0, 0.05) is 37.1 Å². The first-order valence-electron chi connectivity index (χ1n) is 5.54. The van der Waals surface area contributed by atoms with E-state index in [1.54, 1.807) is 11.3 Å². The lowest BCUT2D eigenvalue weighted by atomic mass is 10.1. The van der Waals surface area contributed by atoms with Gasteiger partial charge >= 0.3 is 0 Å². The average Bonchev–Trinajstić information content (AvgIpc) is 2.58. The summed E-state index contributed by atoms with van der Waals surface area (Å²) in [4.78, 5) is 7.06. The second-order valence-electron chi connectivity index (χ2n) is 4.39. The van der Waals surface area contributed by atoms with Crippen LogP contribution < -0.4 is 5.32 Å². The molecule has 1 aliphatic rings. The lowest BCUT2D eigenvalue weighted by molar-refractivity contribution is 0.107. The maximum Gasteiger partial charge on any atom is 0.0897 e. The Kier molecular flexibility index (Phi) is 5.18. The SMILES string of the molecule is Cc1nc(CN2[C@H](C)CNC[C@@H]2C)cs1.Cl. The van der Waals surface area contributed by atoms with Gasteiger partial charge in [-0.3, -0.25) is 4.90 Å². The van der Waals surface area contributed by atoms with Gasteiger partial charge in [-0.05, 0) is 20.8 Å². The molecule has 0 spiro atoms. The molecule has 16 heavy (non-hydrogen) atoms. The zero-order valence-electron chi connectivity index (χ0n) is 10.1. The molecule has 92 valence electrons. The molecule has 0 unspecified atom stereocenters. The Morgan fingerprint density at radius 1 is 1.44 bits per heavy atom. The quantitative estimate of drug-likeness (QED) is 0.883. The molecule has 0 aliphatic carbocycles. The smallest absolute Gasteiger partial charge is 0.0897 e. The summed E-state index contributed by atoms with van der Waals surface area (Å²) in [5.74, 6) is 0. The average molecular weight is 262 g/mol. The van der Waals surface area contributed by atoms with Gasteiger partial charge in [-0.25, -0.2) is 4.98 Å². The van der Waals surface area contributed by atoms with Gasteiger partial charge in [0.05, 0.1) is 10.7 Å². The predicted octanol–water partition coefficient (Wildman–Crippen LogP) is 2.06. The summed E-state index contributed by atoms with van der Waals surface area (Å²) in [6, 6.07) is 1.21. The van der Waals surface area contributed by atoms with Crippen LogP contribution in [0, 0.1) is 6.92 Å². The molecule has 3 nitrogen and oxygen atoms in total. The third-order valence-corrected chi connectivity index (χ3v) is 3.85. The molecule has 1 aromatic heterocycles. The van der Waals surface area contributed by atoms with Crippen LogP contribution >= 0.6 is 23.7 Å². The maximum absolute atomic E-state index is 4.53. The van der Waals surface area contributed by atoms with Gasteiger partial charge in [0.1, 0.15) is 0 Å². The molecule has 0 radical (unpaired) electrons. The Bertz CT molecular complexity index is 319. The van der Waals surface area contributed by atoms with Crippen molar-refractivity contribution in [3.8, 4) is 0 Å². The van der Waals surface area contributed by atoms with Gasteiger partial charge in [-0.2, -0.15) is 0 Å². The molecule has 0 saturated carbocycles. The Balaban J connectivity index is 0.00000128. The monoisotopic (exact) mass is 261 g/mol. The fraction of sp³-hybridized carbons (Fsp3) is 0.727. The molecule has 0 bridgehead atoms. The van der Waals surface area contributed by atoms with Crippen molar-refractivity contribution >= 4 is 23.7 Å². The highest BCUT2D eigenvalue weighted by molar-refractivity contribution is 7.09. The number of rotatable bonds is 2. The predicted molar refractivity (Wildman–Crippen MR) is 71.4 cm³/mol. The van der Waals surface area contributed by atoms with Crippen LogP contribution in [-0.2, 0) is 6.54 Å². The summed E-state index contributed by atoms with van der Waals surface area (Å²) in [6.07, 6.45) is 0. The first-order valence-corrected chi connectivity index (χ1v) is 6.42. The molecule has 1 saturated heterocycles. The number of thiazole rings is 1.